The number of nitrogens with one attached hydrogen (secondary N) is 2. The molecule has 0 saturated carbocycles. The van der Waals surface area contributed by atoms with Crippen molar-refractivity contribution in [1.82, 2.24) is 10.4 Å². The third-order valence-electron chi connectivity index (χ3n) is 2.56. The van der Waals surface area contributed by atoms with E-state index in [1.54, 1.807) is 25.1 Å². The lowest BCUT2D eigenvalue weighted by molar-refractivity contribution is -0.149. The Kier molecular flexibility index (Phi) is 2.89. The number of nitrogens with zero attached hydrogens (tertiary/aromatic N) is 2. The van der Waals surface area contributed by atoms with Crippen molar-refractivity contribution in [3.63, 3.8) is 0 Å². The first-order valence-corrected chi connectivity index (χ1v) is 5.49. The largest absolute Gasteiger partial charge is 0.463 e. The van der Waals surface area contributed by atoms with Crippen molar-refractivity contribution in [2.45, 2.75) is 19.5 Å². The van der Waals surface area contributed by atoms with Gasteiger partial charge in [0.2, 0.25) is 5.66 Å². The van der Waals surface area contributed by atoms with Crippen LogP contribution in [0.15, 0.2) is 18.3 Å². The summed E-state index contributed by atoms with van der Waals surface area (Å²) in [6, 6.07) is 3.69. The smallest absolute Gasteiger partial charge is 0.348 e. The van der Waals surface area contributed by atoms with Gasteiger partial charge in [0.25, 0.3) is 0 Å². The number of hydrogen-bond donors (Lipinski definition) is 2. The molecule has 0 aromatic carbocycles. The minimum absolute atomic E-state index is 0.346. The molecule has 17 heavy (non-hydrogen) atoms. The Hall–Kier alpha value is -1.82. The number of rotatable bonds is 2. The Morgan fingerprint density at radius 3 is 3.12 bits per heavy atom. The maximum absolute atomic E-state index is 11.9. The number of anilines is 2. The highest BCUT2D eigenvalue weighted by molar-refractivity contribution is 5.87. The number of hydrazine groups is 1. The van der Waals surface area contributed by atoms with Crippen LogP contribution in [0.4, 0.5) is 11.5 Å². The average Bonchev–Trinajstić information content (AvgIpc) is 2.29. The predicted molar refractivity (Wildman–Crippen MR) is 64.4 cm³/mol. The lowest BCUT2D eigenvalue weighted by Gasteiger charge is -2.40. The molecule has 2 rings (SSSR count). The number of carbonyl (C=O) groups is 1. The van der Waals surface area contributed by atoms with Gasteiger partial charge >= 0.3 is 5.97 Å². The van der Waals surface area contributed by atoms with E-state index < -0.39 is 5.66 Å². The molecule has 1 aromatic rings. The van der Waals surface area contributed by atoms with Crippen molar-refractivity contribution in [1.29, 1.82) is 0 Å². The number of esters is 1. The van der Waals surface area contributed by atoms with Gasteiger partial charge in [-0.2, -0.15) is 5.43 Å². The van der Waals surface area contributed by atoms with Gasteiger partial charge < -0.3 is 10.1 Å². The maximum Gasteiger partial charge on any atom is 0.348 e. The van der Waals surface area contributed by atoms with E-state index in [4.69, 9.17) is 4.74 Å². The highest BCUT2D eigenvalue weighted by Crippen LogP contribution is 2.28. The van der Waals surface area contributed by atoms with Gasteiger partial charge in [-0.15, -0.1) is 0 Å². The summed E-state index contributed by atoms with van der Waals surface area (Å²) in [5.41, 5.74) is 2.84. The van der Waals surface area contributed by atoms with Gasteiger partial charge in [-0.25, -0.2) is 9.78 Å². The lowest BCUT2D eigenvalue weighted by Crippen LogP contribution is -2.64. The predicted octanol–water partition coefficient (Wildman–Crippen LogP) is 0.727. The van der Waals surface area contributed by atoms with Crippen LogP contribution in [0.1, 0.15) is 13.8 Å². The molecule has 1 atom stereocenters. The Balaban J connectivity index is 2.29. The molecule has 6 nitrogen and oxygen atoms in total. The maximum atomic E-state index is 11.9. The fourth-order valence-electron chi connectivity index (χ4n) is 1.82. The van der Waals surface area contributed by atoms with Crippen LogP contribution >= 0.6 is 0 Å². The lowest BCUT2D eigenvalue weighted by atomic mass is 10.1. The molecule has 0 saturated heterocycles. The number of fused-ring (bicyclic) bond motifs is 1. The van der Waals surface area contributed by atoms with Gasteiger partial charge in [0.1, 0.15) is 0 Å². The van der Waals surface area contributed by atoms with Crippen LogP contribution in [0, 0.1) is 0 Å². The Morgan fingerprint density at radius 2 is 2.41 bits per heavy atom. The van der Waals surface area contributed by atoms with Crippen LogP contribution in [0.25, 0.3) is 0 Å². The summed E-state index contributed by atoms with van der Waals surface area (Å²) in [7, 11) is 1.81. The van der Waals surface area contributed by atoms with Crippen LogP contribution in [0.5, 0.6) is 0 Å². The van der Waals surface area contributed by atoms with Crippen LogP contribution < -0.4 is 15.8 Å². The van der Waals surface area contributed by atoms with Gasteiger partial charge in [0, 0.05) is 13.2 Å². The fraction of sp³-hybridized carbons (Fsp3) is 0.455. The Bertz CT molecular complexity index is 437. The molecule has 1 aliphatic heterocycles. The molecule has 0 aliphatic carbocycles. The molecule has 1 unspecified atom stereocenters. The third kappa shape index (κ3) is 2.03. The molecule has 0 radical (unpaired) electrons. The summed E-state index contributed by atoms with van der Waals surface area (Å²) in [5.74, 6) is 0.399. The molecule has 0 amide bonds. The molecule has 0 bridgehead atoms. The number of ether oxygens (including phenoxy) is 1. The van der Waals surface area contributed by atoms with E-state index in [0.717, 1.165) is 11.5 Å². The second-order valence-electron chi connectivity index (χ2n) is 4.02. The molecule has 0 spiro atoms. The minimum atomic E-state index is -0.971. The summed E-state index contributed by atoms with van der Waals surface area (Å²) in [4.78, 5) is 16.1. The SMILES string of the molecule is CCOC(=O)C1(C)Nc2cccnc2N(C)N1. The number of pyridine rings is 1. The molecule has 1 aromatic heterocycles. The molecule has 0 fully saturated rings. The minimum Gasteiger partial charge on any atom is -0.463 e. The molecule has 2 heterocycles. The standard InChI is InChI=1S/C11H16N4O2/c1-4-17-10(16)11(2)13-8-6-5-7-12-9(8)15(3)14-11/h5-7,13-14H,4H2,1-3H3. The summed E-state index contributed by atoms with van der Waals surface area (Å²) >= 11 is 0. The van der Waals surface area contributed by atoms with E-state index in [1.165, 1.54) is 0 Å². The molecule has 6 heteroatoms. The highest BCUT2D eigenvalue weighted by atomic mass is 16.5. The fourth-order valence-corrected chi connectivity index (χ4v) is 1.82. The molecule has 1 aliphatic rings. The summed E-state index contributed by atoms with van der Waals surface area (Å²) < 4.78 is 5.04. The van der Waals surface area contributed by atoms with Gasteiger partial charge in [-0.1, -0.05) is 0 Å². The van der Waals surface area contributed by atoms with E-state index in [0.29, 0.717) is 6.61 Å². The monoisotopic (exact) mass is 236 g/mol. The molecule has 92 valence electrons. The van der Waals surface area contributed by atoms with E-state index in [9.17, 15) is 4.79 Å². The van der Waals surface area contributed by atoms with Crippen molar-refractivity contribution in [2.75, 3.05) is 24.0 Å². The summed E-state index contributed by atoms with van der Waals surface area (Å²) in [6.45, 7) is 3.86. The number of hydrogen-bond acceptors (Lipinski definition) is 6. The first-order chi connectivity index (χ1) is 8.07. The normalized spacial score (nSPS) is 22.6. The van der Waals surface area contributed by atoms with Crippen LogP contribution in [-0.2, 0) is 9.53 Å². The zero-order valence-electron chi connectivity index (χ0n) is 10.2. The van der Waals surface area contributed by atoms with Crippen molar-refractivity contribution in [3.8, 4) is 0 Å². The third-order valence-corrected chi connectivity index (χ3v) is 2.56. The zero-order valence-corrected chi connectivity index (χ0v) is 10.2. The quantitative estimate of drug-likeness (QED) is 0.738. The first kappa shape index (κ1) is 11.7. The van der Waals surface area contributed by atoms with Crippen LogP contribution in [0.3, 0.4) is 0 Å². The van der Waals surface area contributed by atoms with E-state index in [1.807, 2.05) is 19.2 Å². The average molecular weight is 236 g/mol. The van der Waals surface area contributed by atoms with Crippen LogP contribution in [-0.4, -0.2) is 30.3 Å². The Morgan fingerprint density at radius 1 is 1.65 bits per heavy atom. The van der Waals surface area contributed by atoms with E-state index >= 15 is 0 Å². The highest BCUT2D eigenvalue weighted by Gasteiger charge is 2.40. The van der Waals surface area contributed by atoms with Crippen LogP contribution in [0.2, 0.25) is 0 Å². The zero-order chi connectivity index (χ0) is 12.5. The second-order valence-corrected chi connectivity index (χ2v) is 4.02. The van der Waals surface area contributed by atoms with Crippen molar-refractivity contribution in [2.24, 2.45) is 0 Å². The van der Waals surface area contributed by atoms with E-state index in [2.05, 4.69) is 15.7 Å². The topological polar surface area (TPSA) is 66.5 Å². The molecular weight excluding hydrogens is 220 g/mol. The molecule has 2 N–H and O–H groups in total. The Labute approximate surface area is 99.9 Å². The first-order valence-electron chi connectivity index (χ1n) is 5.49. The van der Waals surface area contributed by atoms with Gasteiger partial charge in [0.15, 0.2) is 5.82 Å². The number of carbonyl (C=O) groups excluding carboxylic acids is 1. The van der Waals surface area contributed by atoms with Gasteiger partial charge in [-0.3, -0.25) is 5.01 Å². The summed E-state index contributed by atoms with van der Waals surface area (Å²) in [6.07, 6.45) is 1.70. The van der Waals surface area contributed by atoms with Gasteiger partial charge in [-0.05, 0) is 26.0 Å². The molecular formula is C11H16N4O2. The van der Waals surface area contributed by atoms with Crippen molar-refractivity contribution >= 4 is 17.5 Å². The van der Waals surface area contributed by atoms with Gasteiger partial charge in [0.05, 0.1) is 12.3 Å². The second kappa shape index (κ2) is 4.21. The van der Waals surface area contributed by atoms with Crippen molar-refractivity contribution < 1.29 is 9.53 Å². The van der Waals surface area contributed by atoms with E-state index in [-0.39, 0.29) is 5.97 Å². The summed E-state index contributed by atoms with van der Waals surface area (Å²) in [5, 5.41) is 4.81. The number of aromatic nitrogens is 1. The van der Waals surface area contributed by atoms with Crippen molar-refractivity contribution in [3.05, 3.63) is 18.3 Å².